The number of fused-ring (bicyclic) bond motifs is 2. The van der Waals surface area contributed by atoms with Crippen molar-refractivity contribution in [3.63, 3.8) is 0 Å². The van der Waals surface area contributed by atoms with Crippen LogP contribution < -0.4 is 4.74 Å². The number of aryl methyl sites for hydroxylation is 2. The Labute approximate surface area is 173 Å². The monoisotopic (exact) mass is 388 g/mol. The quantitative estimate of drug-likeness (QED) is 0.321. The van der Waals surface area contributed by atoms with Crippen molar-refractivity contribution < 1.29 is 9.13 Å². The van der Waals surface area contributed by atoms with Gasteiger partial charge in [-0.2, -0.15) is 0 Å². The number of benzene rings is 3. The first-order valence-corrected chi connectivity index (χ1v) is 10.8. The lowest BCUT2D eigenvalue weighted by Gasteiger charge is -2.26. The molecule has 29 heavy (non-hydrogen) atoms. The molecule has 0 saturated heterocycles. The van der Waals surface area contributed by atoms with Crippen molar-refractivity contribution in [3.05, 3.63) is 88.8 Å². The SMILES string of the molecule is CC=CCCOc1ccc2c(c1)CCC(c1ccc3cc(CC)ccc3c1F)C2. The molecule has 0 aromatic heterocycles. The lowest BCUT2D eigenvalue weighted by Crippen LogP contribution is -2.14. The maximum absolute atomic E-state index is 15.3. The van der Waals surface area contributed by atoms with Crippen molar-refractivity contribution in [3.8, 4) is 5.75 Å². The molecule has 1 nitrogen and oxygen atoms in total. The number of ether oxygens (including phenoxy) is 1. The zero-order chi connectivity index (χ0) is 20.2. The minimum atomic E-state index is -0.0393. The van der Waals surface area contributed by atoms with Crippen LogP contribution in [-0.4, -0.2) is 6.61 Å². The summed E-state index contributed by atoms with van der Waals surface area (Å²) in [6.07, 6.45) is 8.90. The topological polar surface area (TPSA) is 9.23 Å². The summed E-state index contributed by atoms with van der Waals surface area (Å²) in [5.41, 5.74) is 4.78. The van der Waals surface area contributed by atoms with Gasteiger partial charge in [0.1, 0.15) is 11.6 Å². The third kappa shape index (κ3) is 4.22. The summed E-state index contributed by atoms with van der Waals surface area (Å²) in [5.74, 6) is 1.14. The van der Waals surface area contributed by atoms with Crippen molar-refractivity contribution in [2.75, 3.05) is 6.61 Å². The average Bonchev–Trinajstić information content (AvgIpc) is 2.76. The molecule has 0 radical (unpaired) electrons. The standard InChI is InChI=1S/C27H29FO/c1-3-5-6-15-29-24-12-10-20-17-23(9-8-21(20)18-24)26-14-11-22-16-19(4-2)7-13-25(22)27(26)28/h3,5,7,10-14,16,18,23H,4,6,8-9,15,17H2,1-2H3. The highest BCUT2D eigenvalue weighted by Gasteiger charge is 2.24. The zero-order valence-electron chi connectivity index (χ0n) is 17.4. The first kappa shape index (κ1) is 19.7. The van der Waals surface area contributed by atoms with E-state index in [0.717, 1.165) is 54.2 Å². The molecule has 4 rings (SSSR count). The molecule has 0 heterocycles. The van der Waals surface area contributed by atoms with Crippen molar-refractivity contribution in [2.45, 2.75) is 51.9 Å². The molecule has 1 aliphatic rings. The summed E-state index contributed by atoms with van der Waals surface area (Å²) in [7, 11) is 0. The molecular formula is C27H29FO. The van der Waals surface area contributed by atoms with Crippen LogP contribution in [0.5, 0.6) is 5.75 Å². The number of hydrogen-bond acceptors (Lipinski definition) is 1. The Hall–Kier alpha value is -2.61. The largest absolute Gasteiger partial charge is 0.493 e. The molecule has 0 aliphatic heterocycles. The molecule has 1 unspecified atom stereocenters. The van der Waals surface area contributed by atoms with Crippen molar-refractivity contribution >= 4 is 10.8 Å². The highest BCUT2D eigenvalue weighted by molar-refractivity contribution is 5.84. The molecule has 0 N–H and O–H groups in total. The first-order valence-electron chi connectivity index (χ1n) is 10.8. The first-order chi connectivity index (χ1) is 14.2. The Kier molecular flexibility index (Phi) is 5.99. The molecular weight excluding hydrogens is 359 g/mol. The lowest BCUT2D eigenvalue weighted by molar-refractivity contribution is 0.324. The fraction of sp³-hybridized carbons (Fsp3) is 0.333. The molecule has 150 valence electrons. The van der Waals surface area contributed by atoms with E-state index in [-0.39, 0.29) is 11.7 Å². The lowest BCUT2D eigenvalue weighted by atomic mass is 9.79. The fourth-order valence-corrected chi connectivity index (χ4v) is 4.39. The summed E-state index contributed by atoms with van der Waals surface area (Å²) >= 11 is 0. The van der Waals surface area contributed by atoms with Crippen LogP contribution in [0, 0.1) is 5.82 Å². The Morgan fingerprint density at radius 2 is 1.97 bits per heavy atom. The Bertz CT molecular complexity index is 1030. The summed E-state index contributed by atoms with van der Waals surface area (Å²) < 4.78 is 21.2. The van der Waals surface area contributed by atoms with Crippen LogP contribution in [0.4, 0.5) is 4.39 Å². The predicted octanol–water partition coefficient (Wildman–Crippen LogP) is 7.16. The number of rotatable bonds is 6. The van der Waals surface area contributed by atoms with Crippen LogP contribution in [0.3, 0.4) is 0 Å². The van der Waals surface area contributed by atoms with Gasteiger partial charge in [-0.1, -0.05) is 55.5 Å². The maximum atomic E-state index is 15.3. The van der Waals surface area contributed by atoms with E-state index < -0.39 is 0 Å². The van der Waals surface area contributed by atoms with Crippen LogP contribution >= 0.6 is 0 Å². The highest BCUT2D eigenvalue weighted by atomic mass is 19.1. The average molecular weight is 389 g/mol. The van der Waals surface area contributed by atoms with E-state index in [1.165, 1.54) is 16.7 Å². The Balaban J connectivity index is 1.53. The van der Waals surface area contributed by atoms with Gasteiger partial charge in [-0.15, -0.1) is 0 Å². The minimum absolute atomic E-state index is 0.0393. The Morgan fingerprint density at radius 1 is 1.07 bits per heavy atom. The summed E-state index contributed by atoms with van der Waals surface area (Å²) in [5, 5.41) is 1.75. The second kappa shape index (κ2) is 8.82. The molecule has 1 aliphatic carbocycles. The van der Waals surface area contributed by atoms with Crippen LogP contribution in [-0.2, 0) is 19.3 Å². The van der Waals surface area contributed by atoms with Gasteiger partial charge >= 0.3 is 0 Å². The second-order valence-corrected chi connectivity index (χ2v) is 7.95. The van der Waals surface area contributed by atoms with Crippen LogP contribution in [0.15, 0.2) is 60.7 Å². The zero-order valence-corrected chi connectivity index (χ0v) is 17.4. The number of halogens is 1. The van der Waals surface area contributed by atoms with Gasteiger partial charge in [0.15, 0.2) is 0 Å². The fourth-order valence-electron chi connectivity index (χ4n) is 4.39. The van der Waals surface area contributed by atoms with Gasteiger partial charge in [0, 0.05) is 5.39 Å². The van der Waals surface area contributed by atoms with Crippen LogP contribution in [0.1, 0.15) is 54.9 Å². The number of hydrogen-bond donors (Lipinski definition) is 0. The van der Waals surface area contributed by atoms with E-state index in [4.69, 9.17) is 4.74 Å². The number of allylic oxidation sites excluding steroid dienone is 1. The molecule has 3 aromatic rings. The van der Waals surface area contributed by atoms with E-state index in [2.05, 4.69) is 43.3 Å². The third-order valence-electron chi connectivity index (χ3n) is 6.09. The van der Waals surface area contributed by atoms with Gasteiger partial charge in [-0.05, 0) is 84.7 Å². The van der Waals surface area contributed by atoms with E-state index in [9.17, 15) is 0 Å². The molecule has 0 amide bonds. The highest BCUT2D eigenvalue weighted by Crippen LogP contribution is 2.37. The molecule has 0 saturated carbocycles. The minimum Gasteiger partial charge on any atom is -0.493 e. The molecule has 3 aromatic carbocycles. The maximum Gasteiger partial charge on any atom is 0.134 e. The molecule has 1 atom stereocenters. The van der Waals surface area contributed by atoms with Crippen LogP contribution in [0.25, 0.3) is 10.8 Å². The predicted molar refractivity (Wildman–Crippen MR) is 119 cm³/mol. The van der Waals surface area contributed by atoms with Gasteiger partial charge < -0.3 is 4.74 Å². The second-order valence-electron chi connectivity index (χ2n) is 7.95. The third-order valence-corrected chi connectivity index (χ3v) is 6.09. The van der Waals surface area contributed by atoms with E-state index in [1.54, 1.807) is 0 Å². The van der Waals surface area contributed by atoms with Gasteiger partial charge in [0.05, 0.1) is 6.61 Å². The van der Waals surface area contributed by atoms with Gasteiger partial charge in [0.25, 0.3) is 0 Å². The molecule has 2 heteroatoms. The van der Waals surface area contributed by atoms with E-state index in [0.29, 0.717) is 6.61 Å². The summed E-state index contributed by atoms with van der Waals surface area (Å²) in [6.45, 7) is 4.86. The van der Waals surface area contributed by atoms with Crippen molar-refractivity contribution in [1.29, 1.82) is 0 Å². The van der Waals surface area contributed by atoms with Crippen molar-refractivity contribution in [2.24, 2.45) is 0 Å². The summed E-state index contributed by atoms with van der Waals surface area (Å²) in [6, 6.07) is 16.6. The Morgan fingerprint density at radius 3 is 2.79 bits per heavy atom. The van der Waals surface area contributed by atoms with E-state index >= 15 is 4.39 Å². The normalized spacial score (nSPS) is 16.3. The van der Waals surface area contributed by atoms with Crippen molar-refractivity contribution in [1.82, 2.24) is 0 Å². The summed E-state index contributed by atoms with van der Waals surface area (Å²) in [4.78, 5) is 0. The van der Waals surface area contributed by atoms with Gasteiger partial charge in [-0.25, -0.2) is 4.39 Å². The molecule has 0 bridgehead atoms. The van der Waals surface area contributed by atoms with Gasteiger partial charge in [-0.3, -0.25) is 0 Å². The smallest absolute Gasteiger partial charge is 0.134 e. The molecule has 0 spiro atoms. The van der Waals surface area contributed by atoms with Crippen LogP contribution in [0.2, 0.25) is 0 Å². The van der Waals surface area contributed by atoms with Gasteiger partial charge in [0.2, 0.25) is 0 Å². The molecule has 0 fully saturated rings. The van der Waals surface area contributed by atoms with E-state index in [1.807, 2.05) is 31.2 Å².